The summed E-state index contributed by atoms with van der Waals surface area (Å²) in [5.74, 6) is -0.872. The summed E-state index contributed by atoms with van der Waals surface area (Å²) in [6.07, 6.45) is 85.5. The van der Waals surface area contributed by atoms with Crippen LogP contribution in [0.2, 0.25) is 0 Å². The number of ether oxygens (including phenoxy) is 2. The number of hydrogen-bond donors (Lipinski definition) is 2. The Labute approximate surface area is 487 Å². The number of nitrogens with two attached hydrogens (primary N) is 1. The van der Waals surface area contributed by atoms with E-state index in [4.69, 9.17) is 24.3 Å². The van der Waals surface area contributed by atoms with E-state index in [1.165, 1.54) is 205 Å². The van der Waals surface area contributed by atoms with E-state index in [-0.39, 0.29) is 38.6 Å². The highest BCUT2D eigenvalue weighted by Crippen LogP contribution is 2.43. The summed E-state index contributed by atoms with van der Waals surface area (Å²) in [5.41, 5.74) is 5.38. The second kappa shape index (κ2) is 64.4. The van der Waals surface area contributed by atoms with E-state index in [0.29, 0.717) is 6.42 Å². The second-order valence-corrected chi connectivity index (χ2v) is 23.4. The zero-order chi connectivity index (χ0) is 57.3. The summed E-state index contributed by atoms with van der Waals surface area (Å²) in [6.45, 7) is 3.61. The molecule has 0 aliphatic carbocycles. The van der Waals surface area contributed by atoms with Crippen molar-refractivity contribution in [1.82, 2.24) is 0 Å². The first-order valence-corrected chi connectivity index (χ1v) is 34.6. The van der Waals surface area contributed by atoms with E-state index < -0.39 is 26.5 Å². The van der Waals surface area contributed by atoms with Crippen molar-refractivity contribution in [3.63, 3.8) is 0 Å². The monoisotopic (exact) mass is 1130 g/mol. The van der Waals surface area contributed by atoms with Crippen LogP contribution in [0.5, 0.6) is 0 Å². The number of phosphoric acid groups is 1. The third-order valence-electron chi connectivity index (χ3n) is 14.3. The first-order chi connectivity index (χ1) is 38.8. The molecule has 10 heteroatoms. The Morgan fingerprint density at radius 1 is 0.392 bits per heavy atom. The van der Waals surface area contributed by atoms with Crippen molar-refractivity contribution in [2.75, 3.05) is 26.4 Å². The fraction of sp³-hybridized carbons (Fsp3) is 0.768. The summed E-state index contributed by atoms with van der Waals surface area (Å²) >= 11 is 0. The van der Waals surface area contributed by atoms with Crippen molar-refractivity contribution in [2.45, 2.75) is 315 Å². The van der Waals surface area contributed by atoms with Gasteiger partial charge in [-0.1, -0.05) is 292 Å². The number of rotatable bonds is 62. The number of carbonyl (C=O) groups excluding carboxylic acids is 2. The van der Waals surface area contributed by atoms with Crippen LogP contribution in [0.4, 0.5) is 0 Å². The molecule has 0 saturated carbocycles. The molecule has 458 valence electrons. The highest BCUT2D eigenvalue weighted by molar-refractivity contribution is 7.47. The molecule has 0 spiro atoms. The van der Waals surface area contributed by atoms with Gasteiger partial charge in [0, 0.05) is 19.4 Å². The van der Waals surface area contributed by atoms with Crippen LogP contribution in [0, 0.1) is 0 Å². The maximum absolute atomic E-state index is 12.7. The summed E-state index contributed by atoms with van der Waals surface area (Å²) in [6, 6.07) is 0. The largest absolute Gasteiger partial charge is 0.472 e. The molecular weight excluding hydrogens is 1000 g/mol. The summed E-state index contributed by atoms with van der Waals surface area (Å²) in [7, 11) is -4.41. The Hall–Kier alpha value is -2.81. The Balaban J connectivity index is 3.85. The molecule has 0 rings (SSSR count). The molecule has 3 N–H and O–H groups in total. The Kier molecular flexibility index (Phi) is 62.1. The van der Waals surface area contributed by atoms with E-state index in [9.17, 15) is 19.0 Å². The van der Waals surface area contributed by atoms with Gasteiger partial charge >= 0.3 is 19.8 Å². The quantitative estimate of drug-likeness (QED) is 0.0264. The molecule has 0 bridgehead atoms. The lowest BCUT2D eigenvalue weighted by atomic mass is 10.0. The van der Waals surface area contributed by atoms with Crippen molar-refractivity contribution in [3.8, 4) is 0 Å². The van der Waals surface area contributed by atoms with E-state index in [1.54, 1.807) is 0 Å². The van der Waals surface area contributed by atoms with Crippen molar-refractivity contribution in [3.05, 3.63) is 85.1 Å². The Morgan fingerprint density at radius 2 is 0.696 bits per heavy atom. The Morgan fingerprint density at radius 3 is 1.08 bits per heavy atom. The molecule has 0 fully saturated rings. The molecule has 2 atom stereocenters. The van der Waals surface area contributed by atoms with Crippen LogP contribution in [0.3, 0.4) is 0 Å². The van der Waals surface area contributed by atoms with Crippen LogP contribution < -0.4 is 5.73 Å². The molecule has 0 aliphatic heterocycles. The summed E-state index contributed by atoms with van der Waals surface area (Å²) in [4.78, 5) is 35.2. The first-order valence-electron chi connectivity index (χ1n) is 33.1. The minimum absolute atomic E-state index is 0.0433. The molecule has 0 radical (unpaired) electrons. The molecular formula is C69H124NO8P. The smallest absolute Gasteiger partial charge is 0.462 e. The average molecular weight is 1130 g/mol. The molecule has 2 unspecified atom stereocenters. The van der Waals surface area contributed by atoms with Gasteiger partial charge in [-0.15, -0.1) is 0 Å². The fourth-order valence-electron chi connectivity index (χ4n) is 9.40. The number of unbranched alkanes of at least 4 members (excludes halogenated alkanes) is 35. The zero-order valence-electron chi connectivity index (χ0n) is 51.3. The topological polar surface area (TPSA) is 134 Å². The highest BCUT2D eigenvalue weighted by Gasteiger charge is 2.26. The third kappa shape index (κ3) is 64.2. The van der Waals surface area contributed by atoms with Crippen molar-refractivity contribution in [2.24, 2.45) is 5.73 Å². The number of hydrogen-bond acceptors (Lipinski definition) is 8. The predicted octanol–water partition coefficient (Wildman–Crippen LogP) is 21.4. The van der Waals surface area contributed by atoms with Crippen LogP contribution in [0.15, 0.2) is 85.1 Å². The molecule has 0 aromatic rings. The number of esters is 2. The van der Waals surface area contributed by atoms with E-state index >= 15 is 0 Å². The van der Waals surface area contributed by atoms with Gasteiger partial charge in [-0.2, -0.15) is 0 Å². The SMILES string of the molecule is CC/C=C\C/C=C\C/C=C\C/C=C\C/C=C\C/C=C\CCCCC(=O)OC(COC(=O)CCCCCCCCCCCCCCCCCCCCCCCCCCC/C=C\CCCCCCCCCC)COP(=O)(O)OCCN. The van der Waals surface area contributed by atoms with Gasteiger partial charge in [0.05, 0.1) is 13.2 Å². The van der Waals surface area contributed by atoms with Gasteiger partial charge in [-0.05, 0) is 89.9 Å². The fourth-order valence-corrected chi connectivity index (χ4v) is 10.2. The number of allylic oxidation sites excluding steroid dienone is 14. The molecule has 0 saturated heterocycles. The zero-order valence-corrected chi connectivity index (χ0v) is 52.2. The highest BCUT2D eigenvalue weighted by atomic mass is 31.2. The van der Waals surface area contributed by atoms with Gasteiger partial charge in [-0.25, -0.2) is 4.57 Å². The lowest BCUT2D eigenvalue weighted by molar-refractivity contribution is -0.161. The predicted molar refractivity (Wildman–Crippen MR) is 339 cm³/mol. The van der Waals surface area contributed by atoms with Crippen LogP contribution >= 0.6 is 7.82 Å². The van der Waals surface area contributed by atoms with Crippen LogP contribution in [0.1, 0.15) is 309 Å². The number of phosphoric ester groups is 1. The van der Waals surface area contributed by atoms with Crippen molar-refractivity contribution >= 4 is 19.8 Å². The summed E-state index contributed by atoms with van der Waals surface area (Å²) in [5, 5.41) is 0. The summed E-state index contributed by atoms with van der Waals surface area (Å²) < 4.78 is 33.0. The van der Waals surface area contributed by atoms with E-state index in [1.807, 2.05) is 0 Å². The number of carbonyl (C=O) groups is 2. The van der Waals surface area contributed by atoms with Crippen LogP contribution in [-0.2, 0) is 32.7 Å². The lowest BCUT2D eigenvalue weighted by Gasteiger charge is -2.19. The second-order valence-electron chi connectivity index (χ2n) is 22.0. The maximum atomic E-state index is 12.7. The molecule has 79 heavy (non-hydrogen) atoms. The molecule has 0 aliphatic rings. The molecule has 0 aromatic carbocycles. The van der Waals surface area contributed by atoms with Gasteiger partial charge in [-0.3, -0.25) is 18.6 Å². The minimum atomic E-state index is -4.41. The molecule has 0 aromatic heterocycles. The average Bonchev–Trinajstić information content (AvgIpc) is 3.44. The lowest BCUT2D eigenvalue weighted by Crippen LogP contribution is -2.29. The normalized spacial score (nSPS) is 13.5. The third-order valence-corrected chi connectivity index (χ3v) is 15.2. The standard InChI is InChI=1S/C69H124NO8P/c1-3-5-7-9-11-13-15-17-19-21-23-25-26-27-28-29-30-31-32-33-34-35-36-37-38-39-40-42-43-45-47-49-51-53-55-57-59-61-68(71)75-65-67(66-77-79(73,74)76-64-63-70)78-69(72)62-60-58-56-54-52-50-48-46-44-41-24-22-20-18-16-14-12-10-8-6-4-2/h6,8,12,14,18,20-21,23-24,41,46,48,52,54,67H,3-5,7,9-11,13,15-17,19,22,25-40,42-45,47,49-51,53,55-66,70H2,1-2H3,(H,73,74)/b8-6-,14-12-,20-18-,23-21-,41-24-,48-46-,54-52-. The van der Waals surface area contributed by atoms with E-state index in [2.05, 4.69) is 98.9 Å². The molecule has 0 amide bonds. The van der Waals surface area contributed by atoms with Gasteiger partial charge in [0.2, 0.25) is 0 Å². The van der Waals surface area contributed by atoms with Gasteiger partial charge in [0.25, 0.3) is 0 Å². The van der Waals surface area contributed by atoms with Crippen LogP contribution in [-0.4, -0.2) is 49.3 Å². The van der Waals surface area contributed by atoms with Crippen molar-refractivity contribution < 1.29 is 37.6 Å². The Bertz CT molecular complexity index is 1570. The van der Waals surface area contributed by atoms with Gasteiger partial charge < -0.3 is 20.1 Å². The van der Waals surface area contributed by atoms with Gasteiger partial charge in [0.15, 0.2) is 6.10 Å². The van der Waals surface area contributed by atoms with Crippen molar-refractivity contribution in [1.29, 1.82) is 0 Å². The van der Waals surface area contributed by atoms with Gasteiger partial charge in [0.1, 0.15) is 6.61 Å². The molecule has 9 nitrogen and oxygen atoms in total. The van der Waals surface area contributed by atoms with E-state index in [0.717, 1.165) is 70.6 Å². The molecule has 0 heterocycles. The maximum Gasteiger partial charge on any atom is 0.472 e. The minimum Gasteiger partial charge on any atom is -0.462 e. The van der Waals surface area contributed by atoms with Crippen LogP contribution in [0.25, 0.3) is 0 Å². The first kappa shape index (κ1) is 76.2.